The molecule has 1 atom stereocenters. The van der Waals surface area contributed by atoms with Gasteiger partial charge in [0.2, 0.25) is 0 Å². The highest BCUT2D eigenvalue weighted by molar-refractivity contribution is 5.35. The van der Waals surface area contributed by atoms with E-state index in [2.05, 4.69) is 19.9 Å². The SMILES string of the molecule is Cc1cccc([C@@H](N)CN)c1C. The van der Waals surface area contributed by atoms with Gasteiger partial charge in [-0.1, -0.05) is 18.2 Å². The predicted molar refractivity (Wildman–Crippen MR) is 51.9 cm³/mol. The van der Waals surface area contributed by atoms with Gasteiger partial charge in [-0.3, -0.25) is 0 Å². The van der Waals surface area contributed by atoms with E-state index in [4.69, 9.17) is 11.5 Å². The van der Waals surface area contributed by atoms with Crippen molar-refractivity contribution in [3.63, 3.8) is 0 Å². The van der Waals surface area contributed by atoms with E-state index in [9.17, 15) is 0 Å². The summed E-state index contributed by atoms with van der Waals surface area (Å²) in [5, 5.41) is 0. The van der Waals surface area contributed by atoms with Crippen molar-refractivity contribution in [3.05, 3.63) is 34.9 Å². The molecule has 1 aromatic carbocycles. The van der Waals surface area contributed by atoms with Crippen molar-refractivity contribution in [1.29, 1.82) is 0 Å². The summed E-state index contributed by atoms with van der Waals surface area (Å²) >= 11 is 0. The van der Waals surface area contributed by atoms with Crippen LogP contribution in [0.25, 0.3) is 0 Å². The Bertz CT molecular complexity index is 269. The van der Waals surface area contributed by atoms with Crippen LogP contribution in [-0.4, -0.2) is 6.54 Å². The fraction of sp³-hybridized carbons (Fsp3) is 0.400. The van der Waals surface area contributed by atoms with Gasteiger partial charge in [-0.25, -0.2) is 0 Å². The average Bonchev–Trinajstić information content (AvgIpc) is 2.08. The Hall–Kier alpha value is -0.860. The molecule has 0 radical (unpaired) electrons. The number of benzene rings is 1. The lowest BCUT2D eigenvalue weighted by atomic mass is 9.98. The molecule has 2 heteroatoms. The van der Waals surface area contributed by atoms with Crippen molar-refractivity contribution in [3.8, 4) is 0 Å². The molecule has 0 aromatic heterocycles. The topological polar surface area (TPSA) is 52.0 Å². The summed E-state index contributed by atoms with van der Waals surface area (Å²) < 4.78 is 0. The standard InChI is InChI=1S/C10H16N2/c1-7-4-3-5-9(8(7)2)10(12)6-11/h3-5,10H,6,11-12H2,1-2H3/t10-/m0/s1. The second-order valence-electron chi connectivity index (χ2n) is 3.13. The van der Waals surface area contributed by atoms with Gasteiger partial charge >= 0.3 is 0 Å². The smallest absolute Gasteiger partial charge is 0.0422 e. The third-order valence-electron chi connectivity index (χ3n) is 2.30. The number of rotatable bonds is 2. The van der Waals surface area contributed by atoms with Crippen LogP contribution >= 0.6 is 0 Å². The van der Waals surface area contributed by atoms with Crippen molar-refractivity contribution in [2.24, 2.45) is 11.5 Å². The van der Waals surface area contributed by atoms with Gasteiger partial charge in [-0.2, -0.15) is 0 Å². The van der Waals surface area contributed by atoms with Gasteiger partial charge in [0.1, 0.15) is 0 Å². The minimum Gasteiger partial charge on any atom is -0.329 e. The highest BCUT2D eigenvalue weighted by Crippen LogP contribution is 2.17. The van der Waals surface area contributed by atoms with E-state index >= 15 is 0 Å². The van der Waals surface area contributed by atoms with Crippen LogP contribution < -0.4 is 11.5 Å². The second kappa shape index (κ2) is 3.70. The van der Waals surface area contributed by atoms with Gasteiger partial charge < -0.3 is 11.5 Å². The Morgan fingerprint density at radius 3 is 2.58 bits per heavy atom. The maximum absolute atomic E-state index is 5.84. The fourth-order valence-corrected chi connectivity index (χ4v) is 1.30. The fourth-order valence-electron chi connectivity index (χ4n) is 1.30. The van der Waals surface area contributed by atoms with Crippen LogP contribution in [0.1, 0.15) is 22.7 Å². The highest BCUT2D eigenvalue weighted by atomic mass is 14.7. The van der Waals surface area contributed by atoms with E-state index in [1.165, 1.54) is 11.1 Å². The molecule has 0 fully saturated rings. The predicted octanol–water partition coefficient (Wildman–Crippen LogP) is 1.26. The summed E-state index contributed by atoms with van der Waals surface area (Å²) in [4.78, 5) is 0. The Kier molecular flexibility index (Phi) is 2.84. The van der Waals surface area contributed by atoms with E-state index in [0.717, 1.165) is 5.56 Å². The van der Waals surface area contributed by atoms with E-state index in [1.54, 1.807) is 0 Å². The lowest BCUT2D eigenvalue weighted by Gasteiger charge is -2.13. The van der Waals surface area contributed by atoms with E-state index in [-0.39, 0.29) is 6.04 Å². The Morgan fingerprint density at radius 2 is 2.00 bits per heavy atom. The van der Waals surface area contributed by atoms with Crippen LogP contribution in [0.4, 0.5) is 0 Å². The number of nitrogens with two attached hydrogens (primary N) is 2. The molecule has 0 heterocycles. The quantitative estimate of drug-likeness (QED) is 0.691. The van der Waals surface area contributed by atoms with E-state index in [0.29, 0.717) is 6.54 Å². The summed E-state index contributed by atoms with van der Waals surface area (Å²) in [6.07, 6.45) is 0. The molecule has 66 valence electrons. The van der Waals surface area contributed by atoms with Gasteiger partial charge in [0, 0.05) is 12.6 Å². The van der Waals surface area contributed by atoms with Crippen molar-refractivity contribution < 1.29 is 0 Å². The zero-order valence-corrected chi connectivity index (χ0v) is 7.67. The number of hydrogen-bond acceptors (Lipinski definition) is 2. The highest BCUT2D eigenvalue weighted by Gasteiger charge is 2.06. The maximum atomic E-state index is 5.84. The molecule has 0 spiro atoms. The number of aryl methyl sites for hydroxylation is 1. The summed E-state index contributed by atoms with van der Waals surface area (Å²) in [5.41, 5.74) is 15.0. The molecule has 0 amide bonds. The van der Waals surface area contributed by atoms with Crippen LogP contribution in [0.15, 0.2) is 18.2 Å². The van der Waals surface area contributed by atoms with Crippen molar-refractivity contribution in [2.75, 3.05) is 6.54 Å². The Morgan fingerprint density at radius 1 is 1.33 bits per heavy atom. The Labute approximate surface area is 73.6 Å². The van der Waals surface area contributed by atoms with Gasteiger partial charge in [-0.05, 0) is 30.5 Å². The molecular weight excluding hydrogens is 148 g/mol. The van der Waals surface area contributed by atoms with Crippen LogP contribution in [-0.2, 0) is 0 Å². The first kappa shape index (κ1) is 9.23. The largest absolute Gasteiger partial charge is 0.329 e. The third kappa shape index (κ3) is 1.65. The minimum absolute atomic E-state index is 0.0232. The first-order valence-electron chi connectivity index (χ1n) is 4.18. The van der Waals surface area contributed by atoms with Crippen LogP contribution in [0.3, 0.4) is 0 Å². The van der Waals surface area contributed by atoms with Crippen LogP contribution in [0.5, 0.6) is 0 Å². The second-order valence-corrected chi connectivity index (χ2v) is 3.13. The van der Waals surface area contributed by atoms with Gasteiger partial charge in [-0.15, -0.1) is 0 Å². The summed E-state index contributed by atoms with van der Waals surface area (Å²) in [6.45, 7) is 4.67. The zero-order valence-electron chi connectivity index (χ0n) is 7.67. The molecule has 0 aliphatic rings. The monoisotopic (exact) mass is 164 g/mol. The zero-order chi connectivity index (χ0) is 9.14. The summed E-state index contributed by atoms with van der Waals surface area (Å²) in [7, 11) is 0. The summed E-state index contributed by atoms with van der Waals surface area (Å²) in [5.74, 6) is 0. The average molecular weight is 164 g/mol. The van der Waals surface area contributed by atoms with Crippen molar-refractivity contribution >= 4 is 0 Å². The molecule has 0 saturated carbocycles. The lowest BCUT2D eigenvalue weighted by Crippen LogP contribution is -2.21. The van der Waals surface area contributed by atoms with Crippen molar-refractivity contribution in [2.45, 2.75) is 19.9 Å². The first-order valence-corrected chi connectivity index (χ1v) is 4.18. The molecule has 0 unspecified atom stereocenters. The van der Waals surface area contributed by atoms with E-state index in [1.807, 2.05) is 12.1 Å². The molecule has 0 aliphatic carbocycles. The normalized spacial score (nSPS) is 13.0. The molecule has 1 rings (SSSR count). The molecule has 0 saturated heterocycles. The van der Waals surface area contributed by atoms with Crippen molar-refractivity contribution in [1.82, 2.24) is 0 Å². The van der Waals surface area contributed by atoms with Gasteiger partial charge in [0.05, 0.1) is 0 Å². The van der Waals surface area contributed by atoms with Crippen LogP contribution in [0, 0.1) is 13.8 Å². The molecule has 12 heavy (non-hydrogen) atoms. The van der Waals surface area contributed by atoms with Crippen LogP contribution in [0.2, 0.25) is 0 Å². The molecule has 0 aliphatic heterocycles. The molecule has 1 aromatic rings. The molecule has 2 nitrogen and oxygen atoms in total. The first-order chi connectivity index (χ1) is 5.66. The summed E-state index contributed by atoms with van der Waals surface area (Å²) in [6, 6.07) is 6.12. The molecular formula is C10H16N2. The van der Waals surface area contributed by atoms with Gasteiger partial charge in [0.15, 0.2) is 0 Å². The molecule has 0 bridgehead atoms. The lowest BCUT2D eigenvalue weighted by molar-refractivity contribution is 0.730. The van der Waals surface area contributed by atoms with E-state index < -0.39 is 0 Å². The number of hydrogen-bond donors (Lipinski definition) is 2. The van der Waals surface area contributed by atoms with Gasteiger partial charge in [0.25, 0.3) is 0 Å². The molecule has 4 N–H and O–H groups in total. The minimum atomic E-state index is -0.0232. The third-order valence-corrected chi connectivity index (χ3v) is 2.30. The maximum Gasteiger partial charge on any atom is 0.0422 e. The Balaban J connectivity index is 3.07.